The molecule has 0 aromatic rings. The summed E-state index contributed by atoms with van der Waals surface area (Å²) in [5, 5.41) is 3.48. The van der Waals surface area contributed by atoms with Crippen LogP contribution in [0.1, 0.15) is 27.2 Å². The van der Waals surface area contributed by atoms with Crippen molar-refractivity contribution in [3.8, 4) is 0 Å². The molecule has 1 fully saturated rings. The monoisotopic (exact) mass is 214 g/mol. The number of hydrogen-bond donors (Lipinski definition) is 1. The van der Waals surface area contributed by atoms with E-state index in [1.165, 1.54) is 6.42 Å². The summed E-state index contributed by atoms with van der Waals surface area (Å²) < 4.78 is 5.68. The van der Waals surface area contributed by atoms with Crippen molar-refractivity contribution in [1.82, 2.24) is 10.2 Å². The van der Waals surface area contributed by atoms with Crippen molar-refractivity contribution in [2.24, 2.45) is 5.41 Å². The number of rotatable bonds is 4. The Morgan fingerprint density at radius 3 is 2.73 bits per heavy atom. The molecule has 3 nitrogen and oxygen atoms in total. The van der Waals surface area contributed by atoms with Crippen LogP contribution < -0.4 is 5.32 Å². The number of likely N-dealkylation sites (N-methyl/N-ethyl adjacent to an activating group) is 1. The van der Waals surface area contributed by atoms with E-state index in [-0.39, 0.29) is 0 Å². The fraction of sp³-hybridized carbons (Fsp3) is 1.00. The van der Waals surface area contributed by atoms with E-state index in [0.29, 0.717) is 11.5 Å². The number of ether oxygens (including phenoxy) is 1. The summed E-state index contributed by atoms with van der Waals surface area (Å²) in [5.74, 6) is 0. The van der Waals surface area contributed by atoms with Gasteiger partial charge in [-0.25, -0.2) is 0 Å². The van der Waals surface area contributed by atoms with Crippen LogP contribution in [0.5, 0.6) is 0 Å². The van der Waals surface area contributed by atoms with E-state index >= 15 is 0 Å². The molecular formula is C12H26N2O. The first-order valence-electron chi connectivity index (χ1n) is 5.98. The molecule has 0 aliphatic carbocycles. The maximum Gasteiger partial charge on any atom is 0.0826 e. The lowest BCUT2D eigenvalue weighted by atomic mass is 9.92. The van der Waals surface area contributed by atoms with E-state index in [9.17, 15) is 0 Å². The highest BCUT2D eigenvalue weighted by Gasteiger charge is 2.17. The van der Waals surface area contributed by atoms with Gasteiger partial charge in [0.2, 0.25) is 0 Å². The minimum Gasteiger partial charge on any atom is -0.374 e. The summed E-state index contributed by atoms with van der Waals surface area (Å²) in [4.78, 5) is 2.33. The second-order valence-corrected chi connectivity index (χ2v) is 5.77. The first-order valence-corrected chi connectivity index (χ1v) is 5.98. The van der Waals surface area contributed by atoms with Crippen LogP contribution in [0.4, 0.5) is 0 Å². The lowest BCUT2D eigenvalue weighted by Crippen LogP contribution is -2.45. The van der Waals surface area contributed by atoms with Crippen molar-refractivity contribution in [3.63, 3.8) is 0 Å². The Hall–Kier alpha value is -0.120. The molecule has 1 heterocycles. The van der Waals surface area contributed by atoms with Gasteiger partial charge in [0.1, 0.15) is 0 Å². The summed E-state index contributed by atoms with van der Waals surface area (Å²) >= 11 is 0. The van der Waals surface area contributed by atoms with Crippen LogP contribution in [-0.2, 0) is 4.74 Å². The van der Waals surface area contributed by atoms with Crippen LogP contribution in [0.3, 0.4) is 0 Å². The zero-order valence-electron chi connectivity index (χ0n) is 10.7. The van der Waals surface area contributed by atoms with Gasteiger partial charge in [-0.15, -0.1) is 0 Å². The normalized spacial score (nSPS) is 24.4. The Balaban J connectivity index is 2.04. The molecule has 1 saturated heterocycles. The molecule has 0 saturated carbocycles. The standard InChI is InChI=1S/C12H26N2O/c1-12(2,3)5-6-13-9-11-10-14(4)7-8-15-11/h11,13H,5-10H2,1-4H3/t11-/m0/s1. The molecule has 0 spiro atoms. The topological polar surface area (TPSA) is 24.5 Å². The van der Waals surface area contributed by atoms with Gasteiger partial charge in [-0.1, -0.05) is 20.8 Å². The van der Waals surface area contributed by atoms with Crippen molar-refractivity contribution >= 4 is 0 Å². The third-order valence-electron chi connectivity index (χ3n) is 2.77. The summed E-state index contributed by atoms with van der Waals surface area (Å²) in [6, 6.07) is 0. The predicted octanol–water partition coefficient (Wildman–Crippen LogP) is 1.34. The van der Waals surface area contributed by atoms with Crippen LogP contribution in [0, 0.1) is 5.41 Å². The zero-order chi connectivity index (χ0) is 11.3. The SMILES string of the molecule is CN1CCO[C@@H](CNCCC(C)(C)C)C1. The lowest BCUT2D eigenvalue weighted by Gasteiger charge is -2.30. The first kappa shape index (κ1) is 12.9. The van der Waals surface area contributed by atoms with E-state index in [4.69, 9.17) is 4.74 Å². The molecule has 1 aliphatic heterocycles. The summed E-state index contributed by atoms with van der Waals surface area (Å²) in [6.45, 7) is 11.9. The lowest BCUT2D eigenvalue weighted by molar-refractivity contribution is -0.0182. The van der Waals surface area contributed by atoms with E-state index < -0.39 is 0 Å². The second-order valence-electron chi connectivity index (χ2n) is 5.77. The Morgan fingerprint density at radius 1 is 1.40 bits per heavy atom. The fourth-order valence-electron chi connectivity index (χ4n) is 1.72. The molecule has 90 valence electrons. The molecule has 1 atom stereocenters. The highest BCUT2D eigenvalue weighted by molar-refractivity contribution is 4.72. The summed E-state index contributed by atoms with van der Waals surface area (Å²) in [5.41, 5.74) is 0.428. The number of nitrogens with one attached hydrogen (secondary N) is 1. The Kier molecular flexibility index (Phi) is 5.03. The van der Waals surface area contributed by atoms with Crippen LogP contribution in [-0.4, -0.2) is 50.8 Å². The molecule has 1 rings (SSSR count). The first-order chi connectivity index (χ1) is 6.97. The van der Waals surface area contributed by atoms with Crippen molar-refractivity contribution < 1.29 is 4.74 Å². The average Bonchev–Trinajstić information content (AvgIpc) is 2.11. The molecule has 1 aliphatic rings. The van der Waals surface area contributed by atoms with Gasteiger partial charge < -0.3 is 15.0 Å². The third kappa shape index (κ3) is 6.13. The smallest absolute Gasteiger partial charge is 0.0826 e. The largest absolute Gasteiger partial charge is 0.374 e. The van der Waals surface area contributed by atoms with E-state index in [2.05, 4.69) is 38.0 Å². The van der Waals surface area contributed by atoms with Crippen LogP contribution >= 0.6 is 0 Å². The van der Waals surface area contributed by atoms with Crippen molar-refractivity contribution in [2.75, 3.05) is 39.8 Å². The molecule has 1 N–H and O–H groups in total. The van der Waals surface area contributed by atoms with Gasteiger partial charge in [0.05, 0.1) is 12.7 Å². The van der Waals surface area contributed by atoms with Gasteiger partial charge in [0, 0.05) is 19.6 Å². The summed E-state index contributed by atoms with van der Waals surface area (Å²) in [6.07, 6.45) is 1.60. The van der Waals surface area contributed by atoms with Crippen LogP contribution in [0.25, 0.3) is 0 Å². The molecule has 3 heteroatoms. The molecular weight excluding hydrogens is 188 g/mol. The van der Waals surface area contributed by atoms with Crippen molar-refractivity contribution in [2.45, 2.75) is 33.3 Å². The van der Waals surface area contributed by atoms with Gasteiger partial charge in [-0.3, -0.25) is 0 Å². The molecule has 0 aromatic carbocycles. The molecule has 0 unspecified atom stereocenters. The summed E-state index contributed by atoms with van der Waals surface area (Å²) in [7, 11) is 2.16. The van der Waals surface area contributed by atoms with Gasteiger partial charge in [-0.05, 0) is 25.4 Å². The van der Waals surface area contributed by atoms with Crippen molar-refractivity contribution in [3.05, 3.63) is 0 Å². The van der Waals surface area contributed by atoms with Gasteiger partial charge in [0.25, 0.3) is 0 Å². The highest BCUT2D eigenvalue weighted by Crippen LogP contribution is 2.16. The molecule has 0 bridgehead atoms. The zero-order valence-corrected chi connectivity index (χ0v) is 10.7. The van der Waals surface area contributed by atoms with Gasteiger partial charge in [-0.2, -0.15) is 0 Å². The average molecular weight is 214 g/mol. The van der Waals surface area contributed by atoms with E-state index in [1.807, 2.05) is 0 Å². The van der Waals surface area contributed by atoms with Gasteiger partial charge >= 0.3 is 0 Å². The molecule has 0 aromatic heterocycles. The molecule has 15 heavy (non-hydrogen) atoms. The minimum absolute atomic E-state index is 0.378. The van der Waals surface area contributed by atoms with Crippen LogP contribution in [0.2, 0.25) is 0 Å². The van der Waals surface area contributed by atoms with Crippen LogP contribution in [0.15, 0.2) is 0 Å². The van der Waals surface area contributed by atoms with E-state index in [0.717, 1.165) is 32.8 Å². The Labute approximate surface area is 94.2 Å². The maximum atomic E-state index is 5.68. The second kappa shape index (κ2) is 5.83. The van der Waals surface area contributed by atoms with Crippen molar-refractivity contribution in [1.29, 1.82) is 0 Å². The number of morpholine rings is 1. The Bertz CT molecular complexity index is 177. The fourth-order valence-corrected chi connectivity index (χ4v) is 1.72. The maximum absolute atomic E-state index is 5.68. The highest BCUT2D eigenvalue weighted by atomic mass is 16.5. The van der Waals surface area contributed by atoms with Gasteiger partial charge in [0.15, 0.2) is 0 Å². The molecule has 0 radical (unpaired) electrons. The quantitative estimate of drug-likeness (QED) is 0.715. The minimum atomic E-state index is 0.378. The number of hydrogen-bond acceptors (Lipinski definition) is 3. The van der Waals surface area contributed by atoms with E-state index in [1.54, 1.807) is 0 Å². The Morgan fingerprint density at radius 2 is 2.13 bits per heavy atom. The predicted molar refractivity (Wildman–Crippen MR) is 64.2 cm³/mol. The number of nitrogens with zero attached hydrogens (tertiary/aromatic N) is 1. The molecule has 0 amide bonds. The third-order valence-corrected chi connectivity index (χ3v) is 2.77.